The second-order valence-corrected chi connectivity index (χ2v) is 13.1. The van der Waals surface area contributed by atoms with Crippen LogP contribution in [-0.2, 0) is 6.42 Å². The van der Waals surface area contributed by atoms with Gasteiger partial charge in [-0.3, -0.25) is 0 Å². The molecule has 0 saturated heterocycles. The fourth-order valence-corrected chi connectivity index (χ4v) is 8.11. The van der Waals surface area contributed by atoms with Crippen LogP contribution in [-0.4, -0.2) is 0 Å². The van der Waals surface area contributed by atoms with Gasteiger partial charge < -0.3 is 0 Å². The molecule has 0 bridgehead atoms. The van der Waals surface area contributed by atoms with Crippen molar-refractivity contribution in [3.05, 3.63) is 215 Å². The summed E-state index contributed by atoms with van der Waals surface area (Å²) in [4.78, 5) is 0. The molecule has 236 valence electrons. The number of rotatable bonds is 7. The highest BCUT2D eigenvalue weighted by molar-refractivity contribution is 5.88. The van der Waals surface area contributed by atoms with E-state index in [-0.39, 0.29) is 11.8 Å². The van der Waals surface area contributed by atoms with Gasteiger partial charge >= 0.3 is 0 Å². The highest BCUT2D eigenvalue weighted by atomic mass is 14.4. The van der Waals surface area contributed by atoms with Gasteiger partial charge in [0.05, 0.1) is 0 Å². The SMILES string of the molecule is C=C/C=C(\C=C/C)c1ccc(-c2ccccc2C2=c3ccccc3=C(c3cccc(-c4cccc5c4CCC=C5)c3)C3C=CC=CC23)cc1. The van der Waals surface area contributed by atoms with Crippen LogP contribution in [0.5, 0.6) is 0 Å². The molecule has 0 spiro atoms. The lowest BCUT2D eigenvalue weighted by atomic mass is 9.69. The summed E-state index contributed by atoms with van der Waals surface area (Å²) >= 11 is 0. The third kappa shape index (κ3) is 5.64. The number of benzene rings is 5. The molecule has 0 fully saturated rings. The Hall–Kier alpha value is -5.72. The molecule has 0 aliphatic heterocycles. The van der Waals surface area contributed by atoms with Crippen molar-refractivity contribution in [3.63, 3.8) is 0 Å². The molecule has 3 aliphatic rings. The Bertz CT molecular complexity index is 2350. The van der Waals surface area contributed by atoms with Gasteiger partial charge in [-0.25, -0.2) is 0 Å². The van der Waals surface area contributed by atoms with Crippen LogP contribution < -0.4 is 10.4 Å². The highest BCUT2D eigenvalue weighted by Gasteiger charge is 2.32. The van der Waals surface area contributed by atoms with E-state index in [9.17, 15) is 0 Å². The van der Waals surface area contributed by atoms with Gasteiger partial charge in [0.25, 0.3) is 0 Å². The molecule has 0 heterocycles. The molecular formula is C49H40. The molecule has 8 rings (SSSR count). The molecule has 2 atom stereocenters. The molecule has 3 aliphatic carbocycles. The van der Waals surface area contributed by atoms with Gasteiger partial charge in [-0.05, 0) is 103 Å². The fourth-order valence-electron chi connectivity index (χ4n) is 8.11. The van der Waals surface area contributed by atoms with Crippen LogP contribution in [0.4, 0.5) is 0 Å². The lowest BCUT2D eigenvalue weighted by Gasteiger charge is -2.34. The van der Waals surface area contributed by atoms with Crippen LogP contribution in [0.25, 0.3) is 45.0 Å². The van der Waals surface area contributed by atoms with Crippen LogP contribution in [0.15, 0.2) is 177 Å². The monoisotopic (exact) mass is 628 g/mol. The largest absolute Gasteiger partial charge is 0.0990 e. The molecule has 0 heteroatoms. The minimum absolute atomic E-state index is 0.213. The standard InChI is InChI=1S/C49H40/c1-3-15-34(16-4-2)35-29-31-37(32-30-35)41-22-7-8-23-43(41)49-46-26-11-9-24-44(46)48(45-25-10-12-27-47(45)49)39-20-13-19-38(33-39)42-28-14-18-36-17-5-6-21-40(36)42/h3-5,7-20,22-33,44,46H,1,6,21H2,2H3/b16-4-,34-15+. The Morgan fingerprint density at radius 2 is 1.33 bits per heavy atom. The van der Waals surface area contributed by atoms with Gasteiger partial charge in [-0.15, -0.1) is 0 Å². The number of hydrogen-bond acceptors (Lipinski definition) is 0. The van der Waals surface area contributed by atoms with E-state index in [1.807, 2.05) is 6.08 Å². The third-order valence-electron chi connectivity index (χ3n) is 10.3. The first-order valence-electron chi connectivity index (χ1n) is 17.5. The Balaban J connectivity index is 1.32. The van der Waals surface area contributed by atoms with Gasteiger partial charge in [-0.1, -0.05) is 177 Å². The van der Waals surface area contributed by atoms with E-state index in [4.69, 9.17) is 0 Å². The Morgan fingerprint density at radius 3 is 2.10 bits per heavy atom. The zero-order valence-corrected chi connectivity index (χ0v) is 28.0. The zero-order chi connectivity index (χ0) is 33.2. The minimum Gasteiger partial charge on any atom is -0.0990 e. The molecule has 5 aromatic rings. The summed E-state index contributed by atoms with van der Waals surface area (Å²) in [5.41, 5.74) is 15.7. The van der Waals surface area contributed by atoms with Crippen molar-refractivity contribution < 1.29 is 0 Å². The summed E-state index contributed by atoms with van der Waals surface area (Å²) in [6, 6.07) is 43.1. The van der Waals surface area contributed by atoms with Crippen molar-refractivity contribution in [3.8, 4) is 22.3 Å². The molecule has 0 radical (unpaired) electrons. The summed E-state index contributed by atoms with van der Waals surface area (Å²) in [5, 5.41) is 2.64. The van der Waals surface area contributed by atoms with Crippen molar-refractivity contribution in [2.24, 2.45) is 11.8 Å². The summed E-state index contributed by atoms with van der Waals surface area (Å²) in [6.07, 6.45) is 24.2. The van der Waals surface area contributed by atoms with Crippen molar-refractivity contribution in [2.75, 3.05) is 0 Å². The van der Waals surface area contributed by atoms with E-state index in [1.54, 1.807) is 0 Å². The van der Waals surface area contributed by atoms with E-state index in [0.29, 0.717) is 0 Å². The van der Waals surface area contributed by atoms with Crippen LogP contribution in [0.1, 0.15) is 41.2 Å². The predicted molar refractivity (Wildman–Crippen MR) is 210 cm³/mol. The average Bonchev–Trinajstić information content (AvgIpc) is 3.17. The molecule has 0 amide bonds. The quantitative estimate of drug-likeness (QED) is 0.157. The number of fused-ring (bicyclic) bond motifs is 3. The average molecular weight is 629 g/mol. The molecule has 5 aromatic carbocycles. The van der Waals surface area contributed by atoms with E-state index in [1.165, 1.54) is 71.7 Å². The fraction of sp³-hybridized carbons (Fsp3) is 0.102. The van der Waals surface area contributed by atoms with Crippen LogP contribution >= 0.6 is 0 Å². The second kappa shape index (κ2) is 13.4. The lowest BCUT2D eigenvalue weighted by molar-refractivity contribution is 0.686. The van der Waals surface area contributed by atoms with E-state index < -0.39 is 0 Å². The van der Waals surface area contributed by atoms with Crippen LogP contribution in [0, 0.1) is 11.8 Å². The summed E-state index contributed by atoms with van der Waals surface area (Å²) in [6.45, 7) is 5.97. The van der Waals surface area contributed by atoms with Gasteiger partial charge in [-0.2, -0.15) is 0 Å². The number of hydrogen-bond donors (Lipinski definition) is 0. The maximum Gasteiger partial charge on any atom is 0.0137 e. The predicted octanol–water partition coefficient (Wildman–Crippen LogP) is 10.9. The molecule has 2 unspecified atom stereocenters. The first kappa shape index (κ1) is 30.6. The normalized spacial score (nSPS) is 17.9. The van der Waals surface area contributed by atoms with Crippen molar-refractivity contribution in [1.29, 1.82) is 0 Å². The first-order valence-corrected chi connectivity index (χ1v) is 17.5. The number of allylic oxidation sites excluding steroid dienone is 10. The summed E-state index contributed by atoms with van der Waals surface area (Å²) in [7, 11) is 0. The summed E-state index contributed by atoms with van der Waals surface area (Å²) in [5.74, 6) is 0.436. The lowest BCUT2D eigenvalue weighted by Crippen LogP contribution is -2.40. The van der Waals surface area contributed by atoms with Crippen molar-refractivity contribution >= 4 is 22.8 Å². The van der Waals surface area contributed by atoms with E-state index in [0.717, 1.165) is 18.4 Å². The maximum atomic E-state index is 3.92. The Labute approximate surface area is 290 Å². The zero-order valence-electron chi connectivity index (χ0n) is 28.0. The minimum atomic E-state index is 0.213. The van der Waals surface area contributed by atoms with Gasteiger partial charge in [0, 0.05) is 11.8 Å². The molecular weight excluding hydrogens is 589 g/mol. The van der Waals surface area contributed by atoms with Crippen LogP contribution in [0.3, 0.4) is 0 Å². The van der Waals surface area contributed by atoms with Crippen LogP contribution in [0.2, 0.25) is 0 Å². The van der Waals surface area contributed by atoms with Gasteiger partial charge in [0.2, 0.25) is 0 Å². The molecule has 0 N–H and O–H groups in total. The second-order valence-electron chi connectivity index (χ2n) is 13.1. The van der Waals surface area contributed by atoms with Crippen molar-refractivity contribution in [1.82, 2.24) is 0 Å². The van der Waals surface area contributed by atoms with E-state index in [2.05, 4.69) is 183 Å². The Kier molecular flexibility index (Phi) is 8.38. The van der Waals surface area contributed by atoms with Gasteiger partial charge in [0.15, 0.2) is 0 Å². The highest BCUT2D eigenvalue weighted by Crippen LogP contribution is 2.43. The van der Waals surface area contributed by atoms with Gasteiger partial charge in [0.1, 0.15) is 0 Å². The third-order valence-corrected chi connectivity index (χ3v) is 10.3. The molecule has 49 heavy (non-hydrogen) atoms. The summed E-state index contributed by atoms with van der Waals surface area (Å²) < 4.78 is 0. The molecule has 0 nitrogen and oxygen atoms in total. The molecule has 0 saturated carbocycles. The Morgan fingerprint density at radius 1 is 0.653 bits per heavy atom. The molecule has 0 aromatic heterocycles. The smallest absolute Gasteiger partial charge is 0.0137 e. The topological polar surface area (TPSA) is 0 Å². The first-order chi connectivity index (χ1) is 24.2. The van der Waals surface area contributed by atoms with Crippen molar-refractivity contribution in [2.45, 2.75) is 19.8 Å². The maximum absolute atomic E-state index is 3.92. The van der Waals surface area contributed by atoms with E-state index >= 15 is 0 Å².